The number of carbonyl (C=O) groups excluding carboxylic acids is 2. The molecule has 2 atom stereocenters. The number of carbonyl (C=O) groups is 2. The van der Waals surface area contributed by atoms with E-state index in [9.17, 15) is 9.59 Å². The summed E-state index contributed by atoms with van der Waals surface area (Å²) in [6, 6.07) is 7.19. The van der Waals surface area contributed by atoms with Crippen molar-refractivity contribution in [1.82, 2.24) is 9.80 Å². The predicted octanol–water partition coefficient (Wildman–Crippen LogP) is 2.63. The van der Waals surface area contributed by atoms with Gasteiger partial charge in [-0.1, -0.05) is 0 Å². The normalized spacial score (nSPS) is 22.7. The van der Waals surface area contributed by atoms with Crippen molar-refractivity contribution in [3.05, 3.63) is 29.8 Å². The molecule has 0 N–H and O–H groups in total. The summed E-state index contributed by atoms with van der Waals surface area (Å²) >= 11 is 0. The van der Waals surface area contributed by atoms with Crippen LogP contribution in [0, 0.1) is 11.8 Å². The summed E-state index contributed by atoms with van der Waals surface area (Å²) in [6.07, 6.45) is -0.255. The lowest BCUT2D eigenvalue weighted by Crippen LogP contribution is -2.38. The van der Waals surface area contributed by atoms with Crippen LogP contribution < -0.4 is 4.74 Å². The topological polar surface area (TPSA) is 59.1 Å². The van der Waals surface area contributed by atoms with Gasteiger partial charge in [0, 0.05) is 43.6 Å². The molecule has 1 aromatic rings. The van der Waals surface area contributed by atoms with Gasteiger partial charge in [-0.2, -0.15) is 0 Å². The zero-order valence-corrected chi connectivity index (χ0v) is 15.3. The van der Waals surface area contributed by atoms with Crippen molar-refractivity contribution in [2.45, 2.75) is 26.4 Å². The minimum Gasteiger partial charge on any atom is -0.497 e. The Morgan fingerprint density at radius 1 is 0.960 bits per heavy atom. The number of benzene rings is 1. The van der Waals surface area contributed by atoms with Gasteiger partial charge in [0.05, 0.1) is 7.11 Å². The van der Waals surface area contributed by atoms with Gasteiger partial charge in [-0.25, -0.2) is 4.79 Å². The van der Waals surface area contributed by atoms with Gasteiger partial charge in [0.15, 0.2) is 0 Å². The molecule has 0 saturated carbocycles. The van der Waals surface area contributed by atoms with E-state index in [1.807, 2.05) is 25.7 Å². The number of fused-ring (bicyclic) bond motifs is 1. The predicted molar refractivity (Wildman–Crippen MR) is 93.7 cm³/mol. The zero-order chi connectivity index (χ0) is 18.2. The summed E-state index contributed by atoms with van der Waals surface area (Å²) in [5, 5.41) is 0. The third-order valence-electron chi connectivity index (χ3n) is 4.76. The SMILES string of the molecule is COc1ccc(C(=O)N2CC3CN(C(=O)OC(C)(C)C)CC3C2)cc1. The number of methoxy groups -OCH3 is 1. The van der Waals surface area contributed by atoms with Crippen molar-refractivity contribution in [1.29, 1.82) is 0 Å². The third kappa shape index (κ3) is 3.89. The molecular weight excluding hydrogens is 320 g/mol. The van der Waals surface area contributed by atoms with Gasteiger partial charge < -0.3 is 19.3 Å². The van der Waals surface area contributed by atoms with Crippen LogP contribution in [0.25, 0.3) is 0 Å². The first-order chi connectivity index (χ1) is 11.8. The molecule has 0 spiro atoms. The number of ether oxygens (including phenoxy) is 2. The Morgan fingerprint density at radius 3 is 1.96 bits per heavy atom. The highest BCUT2D eigenvalue weighted by Gasteiger charge is 2.44. The Bertz CT molecular complexity index is 636. The van der Waals surface area contributed by atoms with Crippen molar-refractivity contribution >= 4 is 12.0 Å². The largest absolute Gasteiger partial charge is 0.497 e. The Hall–Kier alpha value is -2.24. The van der Waals surface area contributed by atoms with E-state index in [2.05, 4.69) is 0 Å². The lowest BCUT2D eigenvalue weighted by molar-refractivity contribution is 0.0275. The molecule has 1 aromatic carbocycles. The molecular formula is C19H26N2O4. The molecule has 6 heteroatoms. The molecule has 2 unspecified atom stereocenters. The van der Waals surface area contributed by atoms with Crippen LogP contribution in [0.4, 0.5) is 4.79 Å². The van der Waals surface area contributed by atoms with Gasteiger partial charge in [0.25, 0.3) is 5.91 Å². The molecule has 0 radical (unpaired) electrons. The van der Waals surface area contributed by atoms with Crippen LogP contribution >= 0.6 is 0 Å². The highest BCUT2D eigenvalue weighted by molar-refractivity contribution is 5.94. The summed E-state index contributed by atoms with van der Waals surface area (Å²) in [4.78, 5) is 28.5. The number of likely N-dealkylation sites (tertiary alicyclic amines) is 2. The van der Waals surface area contributed by atoms with Crippen molar-refractivity contribution in [2.75, 3.05) is 33.3 Å². The summed E-state index contributed by atoms with van der Waals surface area (Å²) in [7, 11) is 1.61. The number of nitrogens with zero attached hydrogens (tertiary/aromatic N) is 2. The Balaban J connectivity index is 1.57. The lowest BCUT2D eigenvalue weighted by atomic mass is 10.0. The second kappa shape index (κ2) is 6.58. The average molecular weight is 346 g/mol. The maximum absolute atomic E-state index is 12.7. The molecule has 0 aliphatic carbocycles. The third-order valence-corrected chi connectivity index (χ3v) is 4.76. The summed E-state index contributed by atoms with van der Waals surface area (Å²) in [6.45, 7) is 8.31. The number of hydrogen-bond donors (Lipinski definition) is 0. The highest BCUT2D eigenvalue weighted by atomic mass is 16.6. The average Bonchev–Trinajstić information content (AvgIpc) is 3.11. The van der Waals surface area contributed by atoms with Crippen LogP contribution in [-0.4, -0.2) is 60.7 Å². The molecule has 0 bridgehead atoms. The smallest absolute Gasteiger partial charge is 0.410 e. The Labute approximate surface area is 148 Å². The van der Waals surface area contributed by atoms with Crippen molar-refractivity contribution in [3.63, 3.8) is 0 Å². The van der Waals surface area contributed by atoms with Gasteiger partial charge in [0.2, 0.25) is 0 Å². The molecule has 6 nitrogen and oxygen atoms in total. The lowest BCUT2D eigenvalue weighted by Gasteiger charge is -2.26. The fourth-order valence-electron chi connectivity index (χ4n) is 3.55. The Morgan fingerprint density at radius 2 is 1.48 bits per heavy atom. The zero-order valence-electron chi connectivity index (χ0n) is 15.3. The second-order valence-electron chi connectivity index (χ2n) is 7.84. The van der Waals surface area contributed by atoms with Gasteiger partial charge in [0.1, 0.15) is 11.4 Å². The van der Waals surface area contributed by atoms with E-state index in [4.69, 9.17) is 9.47 Å². The molecule has 25 heavy (non-hydrogen) atoms. The first-order valence-corrected chi connectivity index (χ1v) is 8.68. The standard InChI is InChI=1S/C19H26N2O4/c1-19(2,3)25-18(23)21-11-14-9-20(10-15(14)12-21)17(22)13-5-7-16(24-4)8-6-13/h5-8,14-15H,9-12H2,1-4H3. The highest BCUT2D eigenvalue weighted by Crippen LogP contribution is 2.32. The molecule has 136 valence electrons. The van der Waals surface area contributed by atoms with Gasteiger partial charge in [-0.05, 0) is 45.0 Å². The van der Waals surface area contributed by atoms with Crippen molar-refractivity contribution in [2.24, 2.45) is 11.8 Å². The molecule has 0 aromatic heterocycles. The van der Waals surface area contributed by atoms with Crippen LogP contribution in [0.1, 0.15) is 31.1 Å². The van der Waals surface area contributed by atoms with Crippen LogP contribution in [0.2, 0.25) is 0 Å². The first-order valence-electron chi connectivity index (χ1n) is 8.68. The molecule has 2 aliphatic heterocycles. The van der Waals surface area contributed by atoms with Crippen molar-refractivity contribution in [3.8, 4) is 5.75 Å². The number of amides is 2. The van der Waals surface area contributed by atoms with E-state index in [0.717, 1.165) is 5.75 Å². The van der Waals surface area contributed by atoms with Gasteiger partial charge in [-0.15, -0.1) is 0 Å². The second-order valence-corrected chi connectivity index (χ2v) is 7.84. The van der Waals surface area contributed by atoms with E-state index in [0.29, 0.717) is 43.6 Å². The van der Waals surface area contributed by atoms with E-state index < -0.39 is 5.60 Å². The maximum atomic E-state index is 12.7. The first kappa shape index (κ1) is 17.6. The molecule has 3 rings (SSSR count). The summed E-state index contributed by atoms with van der Waals surface area (Å²) in [5.74, 6) is 1.44. The maximum Gasteiger partial charge on any atom is 0.410 e. The Kier molecular flexibility index (Phi) is 4.62. The van der Waals surface area contributed by atoms with E-state index in [1.165, 1.54) is 0 Å². The monoisotopic (exact) mass is 346 g/mol. The van der Waals surface area contributed by atoms with Gasteiger partial charge in [-0.3, -0.25) is 4.79 Å². The molecule has 2 heterocycles. The molecule has 2 saturated heterocycles. The quantitative estimate of drug-likeness (QED) is 0.826. The van der Waals surface area contributed by atoms with Crippen molar-refractivity contribution < 1.29 is 19.1 Å². The number of hydrogen-bond acceptors (Lipinski definition) is 4. The molecule has 2 amide bonds. The summed E-state index contributed by atoms with van der Waals surface area (Å²) < 4.78 is 10.6. The van der Waals surface area contributed by atoms with Gasteiger partial charge >= 0.3 is 6.09 Å². The van der Waals surface area contributed by atoms with Crippen LogP contribution in [0.5, 0.6) is 5.75 Å². The van der Waals surface area contributed by atoms with E-state index >= 15 is 0 Å². The van der Waals surface area contributed by atoms with Crippen LogP contribution in [0.15, 0.2) is 24.3 Å². The number of rotatable bonds is 2. The van der Waals surface area contributed by atoms with E-state index in [1.54, 1.807) is 36.3 Å². The fourth-order valence-corrected chi connectivity index (χ4v) is 3.55. The minimum absolute atomic E-state index is 0.0425. The van der Waals surface area contributed by atoms with E-state index in [-0.39, 0.29) is 12.0 Å². The molecule has 2 aliphatic rings. The fraction of sp³-hybridized carbons (Fsp3) is 0.579. The summed E-state index contributed by atoms with van der Waals surface area (Å²) in [5.41, 5.74) is 0.190. The van der Waals surface area contributed by atoms with Crippen LogP contribution in [-0.2, 0) is 4.74 Å². The molecule has 2 fully saturated rings. The minimum atomic E-state index is -0.481. The van der Waals surface area contributed by atoms with Crippen LogP contribution in [0.3, 0.4) is 0 Å².